The molecule has 5 amide bonds. The van der Waals surface area contributed by atoms with E-state index < -0.39 is 74.4 Å². The maximum atomic E-state index is 15.6. The van der Waals surface area contributed by atoms with Gasteiger partial charge in [0.25, 0.3) is 17.7 Å². The number of rotatable bonds is 15. The number of nitrogens with one attached hydrogen (secondary N) is 5. The third-order valence-electron chi connectivity index (χ3n) is 11.3. The number of ether oxygens (including phenoxy) is 1. The maximum absolute atomic E-state index is 15.6. The highest BCUT2D eigenvalue weighted by atomic mass is 32.2. The van der Waals surface area contributed by atoms with Gasteiger partial charge in [0.15, 0.2) is 6.61 Å². The molecule has 1 unspecified atom stereocenters. The Labute approximate surface area is 373 Å². The van der Waals surface area contributed by atoms with Crippen molar-refractivity contribution in [2.45, 2.75) is 76.5 Å². The van der Waals surface area contributed by atoms with Gasteiger partial charge in [-0.25, -0.2) is 26.6 Å². The van der Waals surface area contributed by atoms with Crippen molar-refractivity contribution in [3.63, 3.8) is 0 Å². The van der Waals surface area contributed by atoms with E-state index in [2.05, 4.69) is 40.9 Å². The Kier molecular flexibility index (Phi) is 13.5. The quantitative estimate of drug-likeness (QED) is 0.0747. The van der Waals surface area contributed by atoms with Crippen LogP contribution in [-0.2, 0) is 24.4 Å². The van der Waals surface area contributed by atoms with Crippen LogP contribution in [0.3, 0.4) is 0 Å². The van der Waals surface area contributed by atoms with Crippen LogP contribution in [0.1, 0.15) is 90.6 Å². The zero-order valence-corrected chi connectivity index (χ0v) is 36.8. The summed E-state index contributed by atoms with van der Waals surface area (Å²) in [6, 6.07) is 9.42. The average Bonchev–Trinajstić information content (AvgIpc) is 3.49. The number of imide groups is 2. The molecule has 1 atom stereocenters. The minimum absolute atomic E-state index is 0.00662. The summed E-state index contributed by atoms with van der Waals surface area (Å²) in [7, 11) is -3.91. The summed E-state index contributed by atoms with van der Waals surface area (Å²) in [4.78, 5) is 74.6. The molecular weight excluding hydrogens is 872 g/mol. The molecule has 3 aliphatic rings. The molecule has 7 rings (SSSR count). The van der Waals surface area contributed by atoms with Crippen molar-refractivity contribution in [3.05, 3.63) is 94.4 Å². The van der Waals surface area contributed by atoms with Crippen LogP contribution in [0.15, 0.2) is 54.7 Å². The first kappa shape index (κ1) is 46.4. The fourth-order valence-electron chi connectivity index (χ4n) is 7.69. The highest BCUT2D eigenvalue weighted by molar-refractivity contribution is 7.94. The van der Waals surface area contributed by atoms with E-state index in [1.807, 2.05) is 0 Å². The third kappa shape index (κ3) is 10.4. The number of sulfonamides is 1. The zero-order chi connectivity index (χ0) is 46.8. The van der Waals surface area contributed by atoms with Crippen LogP contribution in [-0.4, -0.2) is 101 Å². The lowest BCUT2D eigenvalue weighted by atomic mass is 9.88. The van der Waals surface area contributed by atoms with Gasteiger partial charge in [-0.3, -0.25) is 38.9 Å². The van der Waals surface area contributed by atoms with Crippen LogP contribution in [0.4, 0.5) is 42.0 Å². The van der Waals surface area contributed by atoms with Crippen LogP contribution in [0, 0.1) is 24.4 Å². The number of halogens is 3. The fraction of sp³-hybridized carbons (Fsp3) is 0.386. The zero-order valence-electron chi connectivity index (χ0n) is 36.0. The summed E-state index contributed by atoms with van der Waals surface area (Å²) in [5, 5.41) is 10.8. The van der Waals surface area contributed by atoms with Crippen molar-refractivity contribution in [1.82, 2.24) is 30.4 Å². The number of carbonyl (C=O) groups is 5. The van der Waals surface area contributed by atoms with Gasteiger partial charge in [0, 0.05) is 41.7 Å². The third-order valence-corrected chi connectivity index (χ3v) is 13.4. The van der Waals surface area contributed by atoms with Gasteiger partial charge in [-0.2, -0.15) is 4.98 Å². The van der Waals surface area contributed by atoms with Gasteiger partial charge < -0.3 is 25.6 Å². The number of anilines is 5. The molecule has 2 saturated heterocycles. The summed E-state index contributed by atoms with van der Waals surface area (Å²) >= 11 is 0. The summed E-state index contributed by atoms with van der Waals surface area (Å²) in [6.45, 7) is 7.82. The molecule has 4 heterocycles. The number of likely N-dealkylation sites (tertiary alicyclic amines) is 1. The topological polar surface area (TPSA) is 221 Å². The minimum Gasteiger partial charge on any atom is -0.483 e. The Morgan fingerprint density at radius 2 is 1.65 bits per heavy atom. The van der Waals surface area contributed by atoms with Crippen molar-refractivity contribution < 1.29 is 50.3 Å². The number of carbonyl (C=O) groups excluding carboxylic acids is 5. The molecule has 344 valence electrons. The monoisotopic (exact) mass is 919 g/mol. The van der Waals surface area contributed by atoms with Crippen LogP contribution in [0.25, 0.3) is 0 Å². The number of piperidine rings is 2. The summed E-state index contributed by atoms with van der Waals surface area (Å²) in [5.74, 6) is -5.37. The van der Waals surface area contributed by atoms with Crippen molar-refractivity contribution in [1.29, 1.82) is 0 Å². The standard InChI is InChI=1S/C44H48F3N9O8S/c1-24-22-49-43(53-39(24)50-26-9-10-29(45)32(21-26)54-65(62,63)44(2,3)4)51-27-19-30(46)37(31(47)20-27)25-13-17-55(18-14-25)16-6-15-48-36(58)23-64-34-8-5-7-28-38(34)42(61)56(41(28)60)33-11-12-35(57)52-40(33)59/h5,7-10,19-22,25,33,54H,6,11-18,23H2,1-4H3,(H,48,58)(H,52,57,59)(H2,49,50,51,53). The van der Waals surface area contributed by atoms with Gasteiger partial charge in [-0.15, -0.1) is 0 Å². The SMILES string of the molecule is Cc1cnc(Nc2cc(F)c(C3CCN(CCCNC(=O)COc4cccc5c4C(=O)N(C4CCC(=O)NC4=O)C5=O)CC3)c(F)c2)nc1Nc1ccc(F)c(NS(=O)(=O)C(C)(C)C)c1. The normalized spacial score (nSPS) is 17.2. The van der Waals surface area contributed by atoms with Gasteiger partial charge in [0.1, 0.15) is 35.1 Å². The van der Waals surface area contributed by atoms with Crippen molar-refractivity contribution in [2.75, 3.05) is 48.1 Å². The molecule has 3 aromatic carbocycles. The number of aryl methyl sites for hydroxylation is 1. The molecular formula is C44H48F3N9O8S. The number of benzene rings is 3. The van der Waals surface area contributed by atoms with E-state index >= 15 is 8.78 Å². The van der Waals surface area contributed by atoms with Crippen LogP contribution >= 0.6 is 0 Å². The average molecular weight is 920 g/mol. The number of hydrogen-bond acceptors (Lipinski definition) is 13. The Morgan fingerprint density at radius 1 is 0.923 bits per heavy atom. The van der Waals surface area contributed by atoms with E-state index in [1.54, 1.807) is 6.92 Å². The molecule has 21 heteroatoms. The molecule has 0 aliphatic carbocycles. The molecule has 4 aromatic rings. The van der Waals surface area contributed by atoms with Gasteiger partial charge >= 0.3 is 0 Å². The molecule has 65 heavy (non-hydrogen) atoms. The van der Waals surface area contributed by atoms with Crippen molar-refractivity contribution in [2.24, 2.45) is 0 Å². The van der Waals surface area contributed by atoms with Crippen LogP contribution in [0.2, 0.25) is 0 Å². The molecule has 0 bridgehead atoms. The first-order chi connectivity index (χ1) is 30.8. The summed E-state index contributed by atoms with van der Waals surface area (Å²) in [5.41, 5.74) is 0.702. The molecule has 1 aromatic heterocycles. The highest BCUT2D eigenvalue weighted by Crippen LogP contribution is 2.36. The number of hydrogen-bond donors (Lipinski definition) is 5. The van der Waals surface area contributed by atoms with Crippen molar-refractivity contribution in [3.8, 4) is 5.75 Å². The first-order valence-corrected chi connectivity index (χ1v) is 22.4. The second-order valence-electron chi connectivity index (χ2n) is 17.0. The van der Waals surface area contributed by atoms with E-state index in [1.165, 1.54) is 69.4 Å². The van der Waals surface area contributed by atoms with E-state index in [0.29, 0.717) is 56.7 Å². The second kappa shape index (κ2) is 18.9. The molecule has 0 radical (unpaired) electrons. The molecule has 3 aliphatic heterocycles. The predicted molar refractivity (Wildman–Crippen MR) is 233 cm³/mol. The Bertz CT molecular complexity index is 2650. The molecule has 5 N–H and O–H groups in total. The van der Waals surface area contributed by atoms with Crippen molar-refractivity contribution >= 4 is 68.4 Å². The minimum atomic E-state index is -3.91. The van der Waals surface area contributed by atoms with E-state index in [9.17, 15) is 36.8 Å². The number of aromatic nitrogens is 2. The smallest absolute Gasteiger partial charge is 0.266 e. The predicted octanol–water partition coefficient (Wildman–Crippen LogP) is 5.40. The van der Waals surface area contributed by atoms with E-state index in [0.717, 1.165) is 11.0 Å². The molecule has 17 nitrogen and oxygen atoms in total. The lowest BCUT2D eigenvalue weighted by Gasteiger charge is -2.32. The highest BCUT2D eigenvalue weighted by Gasteiger charge is 2.46. The largest absolute Gasteiger partial charge is 0.483 e. The fourth-order valence-corrected chi connectivity index (χ4v) is 8.45. The Hall–Kier alpha value is -6.61. The second-order valence-corrected chi connectivity index (χ2v) is 19.4. The molecule has 0 saturated carbocycles. The first-order valence-electron chi connectivity index (χ1n) is 20.9. The molecule has 2 fully saturated rings. The summed E-state index contributed by atoms with van der Waals surface area (Å²) in [6.07, 6.45) is 3.06. The number of nitrogens with zero attached hydrogens (tertiary/aromatic N) is 4. The number of amides is 5. The summed E-state index contributed by atoms with van der Waals surface area (Å²) < 4.78 is 77.8. The molecule has 0 spiro atoms. The van der Waals surface area contributed by atoms with Gasteiger partial charge in [0.2, 0.25) is 27.8 Å². The van der Waals surface area contributed by atoms with Crippen LogP contribution < -0.4 is 30.7 Å². The van der Waals surface area contributed by atoms with Gasteiger partial charge in [-0.1, -0.05) is 6.07 Å². The Morgan fingerprint density at radius 3 is 2.34 bits per heavy atom. The lowest BCUT2D eigenvalue weighted by molar-refractivity contribution is -0.136. The van der Waals surface area contributed by atoms with Gasteiger partial charge in [-0.05, 0) is 121 Å². The lowest BCUT2D eigenvalue weighted by Crippen LogP contribution is -2.54. The van der Waals surface area contributed by atoms with Crippen LogP contribution in [0.5, 0.6) is 5.75 Å². The Balaban J connectivity index is 0.865. The van der Waals surface area contributed by atoms with E-state index in [-0.39, 0.29) is 64.3 Å². The van der Waals surface area contributed by atoms with E-state index in [4.69, 9.17) is 4.74 Å². The maximum Gasteiger partial charge on any atom is 0.266 e. The number of fused-ring (bicyclic) bond motifs is 1. The van der Waals surface area contributed by atoms with Gasteiger partial charge in [0.05, 0.1) is 21.6 Å².